The highest BCUT2D eigenvalue weighted by atomic mass is 16.7. The van der Waals surface area contributed by atoms with Crippen LogP contribution in [0.4, 0.5) is 11.4 Å². The minimum Gasteiger partial charge on any atom is -0.455 e. The number of hydrazone groups is 1. The normalized spacial score (nSPS) is 12.2. The molecular weight excluding hydrogens is 404 g/mol. The molecule has 0 aliphatic carbocycles. The predicted molar refractivity (Wildman–Crippen MR) is 112 cm³/mol. The third-order valence-corrected chi connectivity index (χ3v) is 4.45. The van der Waals surface area contributed by atoms with Gasteiger partial charge in [-0.3, -0.25) is 14.9 Å². The van der Waals surface area contributed by atoms with Crippen molar-refractivity contribution in [3.8, 4) is 22.8 Å². The molecule has 0 radical (unpaired) electrons. The number of benzene rings is 2. The first-order valence-electron chi connectivity index (χ1n) is 9.30. The number of hydrogen-bond acceptors (Lipinski definition) is 8. The van der Waals surface area contributed by atoms with E-state index in [1.807, 2.05) is 0 Å². The second-order valence-corrected chi connectivity index (χ2v) is 6.69. The van der Waals surface area contributed by atoms with Crippen LogP contribution in [0.2, 0.25) is 0 Å². The van der Waals surface area contributed by atoms with Crippen molar-refractivity contribution < 1.29 is 23.6 Å². The van der Waals surface area contributed by atoms with Crippen molar-refractivity contribution >= 4 is 23.5 Å². The molecule has 0 atom stereocenters. The van der Waals surface area contributed by atoms with Crippen molar-refractivity contribution in [1.82, 2.24) is 5.43 Å². The summed E-state index contributed by atoms with van der Waals surface area (Å²) >= 11 is 0. The monoisotopic (exact) mass is 422 g/mol. The summed E-state index contributed by atoms with van der Waals surface area (Å²) in [6, 6.07) is 13.4. The SMILES string of the molecule is Cc1ccc(-c2ccc(/C=N/NC(=O)CNc3ccc4c(c3)OCO4)o2)c([N+](=O)[O-])c1. The van der Waals surface area contributed by atoms with Gasteiger partial charge in [0.1, 0.15) is 11.5 Å². The Morgan fingerprint density at radius 1 is 1.16 bits per heavy atom. The maximum absolute atomic E-state index is 12.0. The Hall–Kier alpha value is -4.34. The Kier molecular flexibility index (Phi) is 5.52. The van der Waals surface area contributed by atoms with Gasteiger partial charge in [0.25, 0.3) is 11.6 Å². The molecule has 10 nitrogen and oxygen atoms in total. The summed E-state index contributed by atoms with van der Waals surface area (Å²) < 4.78 is 16.1. The lowest BCUT2D eigenvalue weighted by atomic mass is 10.1. The highest BCUT2D eigenvalue weighted by Crippen LogP contribution is 2.34. The van der Waals surface area contributed by atoms with Crippen molar-refractivity contribution in [2.45, 2.75) is 6.92 Å². The average Bonchev–Trinajstić information content (AvgIpc) is 3.41. The Bertz CT molecular complexity index is 1170. The fourth-order valence-electron chi connectivity index (χ4n) is 2.96. The minimum atomic E-state index is -0.452. The van der Waals surface area contributed by atoms with Gasteiger partial charge in [-0.25, -0.2) is 5.43 Å². The number of anilines is 1. The molecule has 0 unspecified atom stereocenters. The van der Waals surface area contributed by atoms with E-state index in [0.717, 1.165) is 5.56 Å². The molecule has 4 rings (SSSR count). The van der Waals surface area contributed by atoms with E-state index in [1.54, 1.807) is 49.4 Å². The third-order valence-electron chi connectivity index (χ3n) is 4.45. The summed E-state index contributed by atoms with van der Waals surface area (Å²) in [5.41, 5.74) is 4.20. The summed E-state index contributed by atoms with van der Waals surface area (Å²) in [4.78, 5) is 22.8. The van der Waals surface area contributed by atoms with Gasteiger partial charge in [-0.05, 0) is 42.8 Å². The molecule has 2 heterocycles. The summed E-state index contributed by atoms with van der Waals surface area (Å²) in [6.07, 6.45) is 1.32. The Morgan fingerprint density at radius 3 is 2.84 bits per heavy atom. The molecule has 0 spiro atoms. The van der Waals surface area contributed by atoms with Crippen LogP contribution in [0.25, 0.3) is 11.3 Å². The number of aryl methyl sites for hydroxylation is 1. The molecule has 2 N–H and O–H groups in total. The maximum Gasteiger partial charge on any atom is 0.280 e. The van der Waals surface area contributed by atoms with Gasteiger partial charge in [0.05, 0.1) is 23.2 Å². The molecule has 0 saturated heterocycles. The van der Waals surface area contributed by atoms with Crippen LogP contribution in [-0.2, 0) is 4.79 Å². The Balaban J connectivity index is 1.33. The number of carbonyl (C=O) groups excluding carboxylic acids is 1. The highest BCUT2D eigenvalue weighted by Gasteiger charge is 2.18. The fourth-order valence-corrected chi connectivity index (χ4v) is 2.96. The van der Waals surface area contributed by atoms with E-state index in [-0.39, 0.29) is 24.9 Å². The van der Waals surface area contributed by atoms with E-state index in [2.05, 4.69) is 15.8 Å². The molecule has 1 aromatic heterocycles. The van der Waals surface area contributed by atoms with E-state index in [4.69, 9.17) is 13.9 Å². The van der Waals surface area contributed by atoms with E-state index in [1.165, 1.54) is 12.3 Å². The summed E-state index contributed by atoms with van der Waals surface area (Å²) in [5, 5.41) is 18.1. The molecule has 1 amide bonds. The molecule has 0 fully saturated rings. The summed E-state index contributed by atoms with van der Waals surface area (Å²) in [7, 11) is 0. The van der Waals surface area contributed by atoms with E-state index >= 15 is 0 Å². The van der Waals surface area contributed by atoms with Crippen molar-refractivity contribution in [2.24, 2.45) is 5.10 Å². The number of nitro benzene ring substituents is 1. The van der Waals surface area contributed by atoms with Gasteiger partial charge in [-0.2, -0.15) is 5.10 Å². The van der Waals surface area contributed by atoms with Crippen LogP contribution >= 0.6 is 0 Å². The first-order chi connectivity index (χ1) is 15.0. The molecule has 2 aromatic carbocycles. The molecule has 0 bridgehead atoms. The number of nitrogens with zero attached hydrogens (tertiary/aromatic N) is 2. The second kappa shape index (κ2) is 8.57. The Labute approximate surface area is 176 Å². The zero-order valence-corrected chi connectivity index (χ0v) is 16.5. The van der Waals surface area contributed by atoms with Crippen LogP contribution in [0.15, 0.2) is 58.0 Å². The van der Waals surface area contributed by atoms with Gasteiger partial charge < -0.3 is 19.2 Å². The maximum atomic E-state index is 12.0. The lowest BCUT2D eigenvalue weighted by molar-refractivity contribution is -0.384. The fraction of sp³-hybridized carbons (Fsp3) is 0.143. The smallest absolute Gasteiger partial charge is 0.280 e. The number of nitrogens with one attached hydrogen (secondary N) is 2. The molecule has 10 heteroatoms. The first kappa shape index (κ1) is 20.0. The molecule has 1 aliphatic rings. The van der Waals surface area contributed by atoms with Gasteiger partial charge in [0, 0.05) is 17.8 Å². The average molecular weight is 422 g/mol. The highest BCUT2D eigenvalue weighted by molar-refractivity contribution is 5.83. The number of fused-ring (bicyclic) bond motifs is 1. The number of rotatable bonds is 7. The first-order valence-corrected chi connectivity index (χ1v) is 9.30. The van der Waals surface area contributed by atoms with Crippen molar-refractivity contribution in [2.75, 3.05) is 18.7 Å². The molecule has 31 heavy (non-hydrogen) atoms. The van der Waals surface area contributed by atoms with Gasteiger partial charge in [-0.15, -0.1) is 0 Å². The molecule has 3 aromatic rings. The van der Waals surface area contributed by atoms with Crippen molar-refractivity contribution in [1.29, 1.82) is 0 Å². The standard InChI is InChI=1S/C21H18N4O6/c1-13-2-5-16(17(8-13)25(27)28)18-7-4-15(31-18)10-23-24-21(26)11-22-14-3-6-19-20(9-14)30-12-29-19/h2-10,22H,11-12H2,1H3,(H,24,26)/b23-10+. The van der Waals surface area contributed by atoms with Crippen LogP contribution in [0, 0.1) is 17.0 Å². The number of carbonyl (C=O) groups is 1. The topological polar surface area (TPSA) is 128 Å². The van der Waals surface area contributed by atoms with Crippen molar-refractivity contribution in [3.63, 3.8) is 0 Å². The Morgan fingerprint density at radius 2 is 2.00 bits per heavy atom. The zero-order valence-electron chi connectivity index (χ0n) is 16.5. The summed E-state index contributed by atoms with van der Waals surface area (Å²) in [6.45, 7) is 1.96. The number of furan rings is 1. The largest absolute Gasteiger partial charge is 0.455 e. The second-order valence-electron chi connectivity index (χ2n) is 6.69. The van der Waals surface area contributed by atoms with E-state index in [9.17, 15) is 14.9 Å². The van der Waals surface area contributed by atoms with Crippen molar-refractivity contribution in [3.05, 3.63) is 70.0 Å². The number of nitro groups is 1. The van der Waals surface area contributed by atoms with E-state index in [0.29, 0.717) is 34.3 Å². The molecule has 1 aliphatic heterocycles. The van der Waals surface area contributed by atoms with Gasteiger partial charge in [-0.1, -0.05) is 6.07 Å². The lowest BCUT2D eigenvalue weighted by Crippen LogP contribution is -2.25. The van der Waals surface area contributed by atoms with Crippen LogP contribution in [0.3, 0.4) is 0 Å². The number of hydrogen-bond donors (Lipinski definition) is 2. The summed E-state index contributed by atoms with van der Waals surface area (Å²) in [5.74, 6) is 1.59. The molecule has 158 valence electrons. The third kappa shape index (κ3) is 4.64. The van der Waals surface area contributed by atoms with Gasteiger partial charge in [0.2, 0.25) is 6.79 Å². The van der Waals surface area contributed by atoms with Gasteiger partial charge >= 0.3 is 0 Å². The van der Waals surface area contributed by atoms with Crippen LogP contribution < -0.4 is 20.2 Å². The lowest BCUT2D eigenvalue weighted by Gasteiger charge is -2.06. The number of amides is 1. The number of ether oxygens (including phenoxy) is 2. The molecule has 0 saturated carbocycles. The van der Waals surface area contributed by atoms with Gasteiger partial charge in [0.15, 0.2) is 11.5 Å². The van der Waals surface area contributed by atoms with E-state index < -0.39 is 4.92 Å². The quantitative estimate of drug-likeness (QED) is 0.339. The predicted octanol–water partition coefficient (Wildman–Crippen LogP) is 3.45. The zero-order chi connectivity index (χ0) is 21.8. The van der Waals surface area contributed by atoms with Crippen LogP contribution in [0.1, 0.15) is 11.3 Å². The minimum absolute atomic E-state index is 0.00402. The molecular formula is C21H18N4O6. The van der Waals surface area contributed by atoms with Crippen LogP contribution in [0.5, 0.6) is 11.5 Å². The van der Waals surface area contributed by atoms with Crippen LogP contribution in [-0.4, -0.2) is 30.4 Å².